The van der Waals surface area contributed by atoms with Crippen molar-refractivity contribution >= 4 is 0 Å². The van der Waals surface area contributed by atoms with Crippen molar-refractivity contribution in [2.45, 2.75) is 24.5 Å². The summed E-state index contributed by atoms with van der Waals surface area (Å²) in [7, 11) is 0. The molecular weight excluding hydrogens is 188 g/mol. The summed E-state index contributed by atoms with van der Waals surface area (Å²) < 4.78 is 6.64. The van der Waals surface area contributed by atoms with Crippen molar-refractivity contribution in [1.29, 1.82) is 0 Å². The highest BCUT2D eigenvalue weighted by molar-refractivity contribution is 4.90. The second-order valence-electron chi connectivity index (χ2n) is 3.21. The highest BCUT2D eigenvalue weighted by Crippen LogP contribution is 2.28. The molecule has 0 aliphatic carbocycles. The van der Waals surface area contributed by atoms with Crippen molar-refractivity contribution in [1.82, 2.24) is 9.78 Å². The Hall–Kier alpha value is -0.950. The number of aliphatic hydroxyl groups excluding tert-OH is 3. The van der Waals surface area contributed by atoms with Crippen LogP contribution in [0.2, 0.25) is 0 Å². The van der Waals surface area contributed by atoms with Crippen molar-refractivity contribution in [2.75, 3.05) is 6.61 Å². The minimum absolute atomic E-state index is 0.323. The number of aromatic nitrogens is 2. The topological polar surface area (TPSA) is 87.7 Å². The molecule has 1 saturated heterocycles. The first-order valence-corrected chi connectivity index (χ1v) is 4.35. The van der Waals surface area contributed by atoms with E-state index in [1.54, 1.807) is 18.5 Å². The highest BCUT2D eigenvalue weighted by atomic mass is 16.6. The third-order valence-corrected chi connectivity index (χ3v) is 2.30. The standard InChI is InChI=1S/C8H12N2O4/c11-4-5-6(12)7(13)8(14-5)10-3-1-2-9-10/h1-3,5-8,11-13H,4H2/t5-,6-,7-,8-/m0/s1. The number of hydrogen-bond donors (Lipinski definition) is 3. The van der Waals surface area contributed by atoms with Crippen LogP contribution >= 0.6 is 0 Å². The van der Waals surface area contributed by atoms with Crippen molar-refractivity contribution < 1.29 is 20.1 Å². The molecule has 0 spiro atoms. The van der Waals surface area contributed by atoms with Gasteiger partial charge in [0.15, 0.2) is 6.23 Å². The van der Waals surface area contributed by atoms with Gasteiger partial charge in [-0.3, -0.25) is 0 Å². The molecule has 1 aliphatic heterocycles. The molecule has 1 aliphatic rings. The monoisotopic (exact) mass is 200 g/mol. The number of nitrogens with zero attached hydrogens (tertiary/aromatic N) is 2. The van der Waals surface area contributed by atoms with Gasteiger partial charge in [0.2, 0.25) is 0 Å². The summed E-state index contributed by atoms with van der Waals surface area (Å²) in [4.78, 5) is 0. The maximum absolute atomic E-state index is 9.58. The van der Waals surface area contributed by atoms with Gasteiger partial charge >= 0.3 is 0 Å². The Kier molecular flexibility index (Phi) is 2.51. The van der Waals surface area contributed by atoms with Crippen molar-refractivity contribution in [3.63, 3.8) is 0 Å². The highest BCUT2D eigenvalue weighted by Gasteiger charge is 2.43. The average molecular weight is 200 g/mol. The first-order chi connectivity index (χ1) is 6.74. The molecule has 2 heterocycles. The van der Waals surface area contributed by atoms with Crippen molar-refractivity contribution in [3.8, 4) is 0 Å². The van der Waals surface area contributed by atoms with E-state index in [0.29, 0.717) is 0 Å². The van der Waals surface area contributed by atoms with Crippen LogP contribution in [0.4, 0.5) is 0 Å². The van der Waals surface area contributed by atoms with Crippen LogP contribution in [0.1, 0.15) is 6.23 Å². The van der Waals surface area contributed by atoms with Crippen molar-refractivity contribution in [2.24, 2.45) is 0 Å². The Balaban J connectivity index is 2.16. The summed E-state index contributed by atoms with van der Waals surface area (Å²) in [6.45, 7) is -0.323. The van der Waals surface area contributed by atoms with Crippen LogP contribution < -0.4 is 0 Å². The molecule has 0 bridgehead atoms. The molecule has 0 aromatic carbocycles. The molecule has 4 atom stereocenters. The molecular formula is C8H12N2O4. The van der Waals surface area contributed by atoms with Gasteiger partial charge in [-0.25, -0.2) is 4.68 Å². The third kappa shape index (κ3) is 1.42. The Morgan fingerprint density at radius 2 is 2.14 bits per heavy atom. The molecule has 0 amide bonds. The number of ether oxygens (including phenoxy) is 1. The predicted molar refractivity (Wildman–Crippen MR) is 45.2 cm³/mol. The minimum Gasteiger partial charge on any atom is -0.394 e. The van der Waals surface area contributed by atoms with E-state index in [-0.39, 0.29) is 6.61 Å². The minimum atomic E-state index is -1.07. The van der Waals surface area contributed by atoms with E-state index >= 15 is 0 Å². The maximum Gasteiger partial charge on any atom is 0.179 e. The lowest BCUT2D eigenvalue weighted by Crippen LogP contribution is -2.33. The van der Waals surface area contributed by atoms with Gasteiger partial charge in [0.05, 0.1) is 6.61 Å². The number of rotatable bonds is 2. The van der Waals surface area contributed by atoms with Crippen LogP contribution in [0.15, 0.2) is 18.5 Å². The van der Waals surface area contributed by atoms with Gasteiger partial charge in [0.25, 0.3) is 0 Å². The van der Waals surface area contributed by atoms with Crippen LogP contribution in [0, 0.1) is 0 Å². The molecule has 78 valence electrons. The first kappa shape index (κ1) is 9.60. The summed E-state index contributed by atoms with van der Waals surface area (Å²) in [5.74, 6) is 0. The first-order valence-electron chi connectivity index (χ1n) is 4.35. The largest absolute Gasteiger partial charge is 0.394 e. The Morgan fingerprint density at radius 1 is 1.36 bits per heavy atom. The predicted octanol–water partition coefficient (Wildman–Crippen LogP) is -1.51. The van der Waals surface area contributed by atoms with Gasteiger partial charge in [0.1, 0.15) is 18.3 Å². The fourth-order valence-corrected chi connectivity index (χ4v) is 1.53. The van der Waals surface area contributed by atoms with E-state index in [1.165, 1.54) is 4.68 Å². The summed E-state index contributed by atoms with van der Waals surface area (Å²) in [6.07, 6.45) is -0.438. The second kappa shape index (κ2) is 3.66. The van der Waals surface area contributed by atoms with Crippen LogP contribution in [0.5, 0.6) is 0 Å². The second-order valence-corrected chi connectivity index (χ2v) is 3.21. The summed E-state index contributed by atoms with van der Waals surface area (Å²) in [5, 5.41) is 31.8. The molecule has 14 heavy (non-hydrogen) atoms. The quantitative estimate of drug-likeness (QED) is 0.540. The van der Waals surface area contributed by atoms with Crippen molar-refractivity contribution in [3.05, 3.63) is 18.5 Å². The zero-order chi connectivity index (χ0) is 10.1. The van der Waals surface area contributed by atoms with E-state index in [0.717, 1.165) is 0 Å². The van der Waals surface area contributed by atoms with Gasteiger partial charge < -0.3 is 20.1 Å². The molecule has 1 fully saturated rings. The van der Waals surface area contributed by atoms with Crippen LogP contribution in [0.3, 0.4) is 0 Å². The fraction of sp³-hybridized carbons (Fsp3) is 0.625. The van der Waals surface area contributed by atoms with E-state index in [1.807, 2.05) is 0 Å². The molecule has 1 aromatic heterocycles. The molecule has 6 nitrogen and oxygen atoms in total. The summed E-state index contributed by atoms with van der Waals surface area (Å²) in [6, 6.07) is 1.69. The van der Waals surface area contributed by atoms with Gasteiger partial charge in [-0.15, -0.1) is 0 Å². The van der Waals surface area contributed by atoms with Gasteiger partial charge in [-0.05, 0) is 6.07 Å². The molecule has 3 N–H and O–H groups in total. The molecule has 0 unspecified atom stereocenters. The molecule has 1 aromatic rings. The summed E-state index contributed by atoms with van der Waals surface area (Å²) >= 11 is 0. The third-order valence-electron chi connectivity index (χ3n) is 2.30. The smallest absolute Gasteiger partial charge is 0.179 e. The lowest BCUT2D eigenvalue weighted by atomic mass is 10.1. The molecule has 6 heteroatoms. The average Bonchev–Trinajstić information content (AvgIpc) is 2.78. The van der Waals surface area contributed by atoms with Gasteiger partial charge in [-0.1, -0.05) is 0 Å². The Labute approximate surface area is 80.4 Å². The van der Waals surface area contributed by atoms with E-state index in [4.69, 9.17) is 9.84 Å². The van der Waals surface area contributed by atoms with E-state index < -0.39 is 24.5 Å². The molecule has 2 rings (SSSR count). The van der Waals surface area contributed by atoms with Crippen LogP contribution in [-0.2, 0) is 4.74 Å². The van der Waals surface area contributed by atoms with Crippen LogP contribution in [0.25, 0.3) is 0 Å². The van der Waals surface area contributed by atoms with E-state index in [2.05, 4.69) is 5.10 Å². The Morgan fingerprint density at radius 3 is 2.64 bits per heavy atom. The lowest BCUT2D eigenvalue weighted by Gasteiger charge is -2.14. The summed E-state index contributed by atoms with van der Waals surface area (Å²) in [5.41, 5.74) is 0. The van der Waals surface area contributed by atoms with Crippen LogP contribution in [-0.4, -0.2) is 50.0 Å². The maximum atomic E-state index is 9.58. The van der Waals surface area contributed by atoms with E-state index in [9.17, 15) is 10.2 Å². The lowest BCUT2D eigenvalue weighted by molar-refractivity contribution is -0.0586. The van der Waals surface area contributed by atoms with Gasteiger partial charge in [0, 0.05) is 12.4 Å². The number of aliphatic hydroxyl groups is 3. The zero-order valence-electron chi connectivity index (χ0n) is 7.39. The SMILES string of the molecule is OC[C@@H]1O[C@H](n2cccn2)[C@@H](O)[C@H]1O. The Bertz CT molecular complexity index is 290. The molecule has 0 radical (unpaired) electrons. The zero-order valence-corrected chi connectivity index (χ0v) is 7.39. The fourth-order valence-electron chi connectivity index (χ4n) is 1.53. The normalized spacial score (nSPS) is 37.6. The molecule has 0 saturated carbocycles. The van der Waals surface area contributed by atoms with Gasteiger partial charge in [-0.2, -0.15) is 5.10 Å². The number of hydrogen-bond acceptors (Lipinski definition) is 5.